The molecule has 0 saturated heterocycles. The lowest BCUT2D eigenvalue weighted by atomic mass is 10.1. The number of hydrogen-bond donors (Lipinski definition) is 0. The Morgan fingerprint density at radius 3 is 2.84 bits per heavy atom. The first-order valence-corrected chi connectivity index (χ1v) is 7.66. The number of alkyl halides is 1. The van der Waals surface area contributed by atoms with Gasteiger partial charge in [0.05, 0.1) is 7.11 Å². The van der Waals surface area contributed by atoms with Crippen LogP contribution in [-0.2, 0) is 0 Å². The first-order chi connectivity index (χ1) is 9.30. The zero-order chi connectivity index (χ0) is 13.7. The molecule has 0 atom stereocenters. The summed E-state index contributed by atoms with van der Waals surface area (Å²) in [5.74, 6) is 1.94. The molecule has 0 bridgehead atoms. The second kappa shape index (κ2) is 6.75. The van der Waals surface area contributed by atoms with Crippen LogP contribution in [0.2, 0.25) is 0 Å². The fraction of sp³-hybridized carbons (Fsp3) is 0.400. The quantitative estimate of drug-likeness (QED) is 0.755. The average molecular weight is 323 g/mol. The van der Waals surface area contributed by atoms with Crippen LogP contribution >= 0.6 is 15.9 Å². The fourth-order valence-electron chi connectivity index (χ4n) is 2.18. The van der Waals surface area contributed by atoms with E-state index in [0.29, 0.717) is 0 Å². The number of ether oxygens (including phenoxy) is 1. The first-order valence-electron chi connectivity index (χ1n) is 6.53. The van der Waals surface area contributed by atoms with E-state index < -0.39 is 0 Å². The number of hydrogen-bond acceptors (Lipinski definition) is 3. The lowest BCUT2D eigenvalue weighted by molar-refractivity contribution is 0.415. The van der Waals surface area contributed by atoms with Crippen molar-refractivity contribution < 1.29 is 4.74 Å². The van der Waals surface area contributed by atoms with Gasteiger partial charge in [-0.15, -0.1) is 0 Å². The molecule has 0 radical (unpaired) electrons. The summed E-state index contributed by atoms with van der Waals surface area (Å²) in [5, 5.41) is 3.36. The first kappa shape index (κ1) is 14.1. The van der Waals surface area contributed by atoms with E-state index in [4.69, 9.17) is 4.74 Å². The van der Waals surface area contributed by atoms with Crippen LogP contribution in [0.25, 0.3) is 10.8 Å². The molecule has 0 saturated carbocycles. The Balaban J connectivity index is 2.41. The minimum Gasteiger partial charge on any atom is -0.497 e. The summed E-state index contributed by atoms with van der Waals surface area (Å²) in [6, 6.07) is 8.16. The van der Waals surface area contributed by atoms with Crippen LogP contribution in [0.4, 0.5) is 5.82 Å². The molecule has 0 N–H and O–H groups in total. The molecule has 2 aromatic rings. The van der Waals surface area contributed by atoms with Gasteiger partial charge in [-0.25, -0.2) is 4.98 Å². The van der Waals surface area contributed by atoms with Crippen molar-refractivity contribution in [3.05, 3.63) is 30.5 Å². The summed E-state index contributed by atoms with van der Waals surface area (Å²) >= 11 is 3.48. The highest BCUT2D eigenvalue weighted by atomic mass is 79.9. The van der Waals surface area contributed by atoms with Crippen LogP contribution in [0, 0.1) is 0 Å². The lowest BCUT2D eigenvalue weighted by Crippen LogP contribution is -2.25. The molecule has 0 fully saturated rings. The van der Waals surface area contributed by atoms with Gasteiger partial charge in [-0.05, 0) is 43.0 Å². The summed E-state index contributed by atoms with van der Waals surface area (Å²) in [6.45, 7) is 4.14. The maximum Gasteiger partial charge on any atom is 0.136 e. The van der Waals surface area contributed by atoms with Crippen molar-refractivity contribution in [1.29, 1.82) is 0 Å². The summed E-state index contributed by atoms with van der Waals surface area (Å²) in [5.41, 5.74) is 0. The molecule has 102 valence electrons. The van der Waals surface area contributed by atoms with Gasteiger partial charge in [-0.2, -0.15) is 0 Å². The minimum absolute atomic E-state index is 0.883. The van der Waals surface area contributed by atoms with E-state index in [0.717, 1.165) is 36.4 Å². The van der Waals surface area contributed by atoms with Crippen LogP contribution in [0.5, 0.6) is 5.75 Å². The lowest BCUT2D eigenvalue weighted by Gasteiger charge is -2.23. The maximum atomic E-state index is 5.27. The van der Waals surface area contributed by atoms with Gasteiger partial charge < -0.3 is 9.64 Å². The van der Waals surface area contributed by atoms with Crippen LogP contribution in [0.3, 0.4) is 0 Å². The fourth-order valence-corrected chi connectivity index (χ4v) is 2.43. The zero-order valence-corrected chi connectivity index (χ0v) is 13.0. The van der Waals surface area contributed by atoms with Gasteiger partial charge in [0.15, 0.2) is 0 Å². The number of halogens is 1. The molecule has 3 nitrogen and oxygen atoms in total. The number of anilines is 1. The Kier molecular flexibility index (Phi) is 5.02. The highest BCUT2D eigenvalue weighted by molar-refractivity contribution is 9.09. The molecule has 0 aliphatic rings. The van der Waals surface area contributed by atoms with E-state index in [2.05, 4.69) is 44.9 Å². The summed E-state index contributed by atoms with van der Waals surface area (Å²) in [4.78, 5) is 6.87. The van der Waals surface area contributed by atoms with E-state index in [1.54, 1.807) is 7.11 Å². The highest BCUT2D eigenvalue weighted by Crippen LogP contribution is 2.27. The molecule has 1 heterocycles. The molecule has 0 aliphatic carbocycles. The molecule has 19 heavy (non-hydrogen) atoms. The number of pyridine rings is 1. The van der Waals surface area contributed by atoms with E-state index in [1.165, 1.54) is 10.8 Å². The van der Waals surface area contributed by atoms with E-state index in [9.17, 15) is 0 Å². The molecule has 0 aliphatic heterocycles. The van der Waals surface area contributed by atoms with E-state index >= 15 is 0 Å². The normalized spacial score (nSPS) is 10.7. The number of nitrogens with zero attached hydrogens (tertiary/aromatic N) is 2. The standard InChI is InChI=1S/C15H19BrN2O/c1-3-18(10-4-8-16)15-14-6-5-13(19-2)11-12(14)7-9-17-15/h5-7,9,11H,3-4,8,10H2,1-2H3. The monoisotopic (exact) mass is 322 g/mol. The minimum atomic E-state index is 0.883. The molecule has 1 aromatic heterocycles. The van der Waals surface area contributed by atoms with Crippen molar-refractivity contribution in [3.63, 3.8) is 0 Å². The molecule has 2 rings (SSSR count). The Morgan fingerprint density at radius 2 is 2.16 bits per heavy atom. The second-order valence-electron chi connectivity index (χ2n) is 4.34. The third kappa shape index (κ3) is 3.18. The summed E-state index contributed by atoms with van der Waals surface area (Å²) in [6.07, 6.45) is 2.98. The van der Waals surface area contributed by atoms with Crippen molar-refractivity contribution in [2.75, 3.05) is 30.4 Å². The molecule has 1 aromatic carbocycles. The predicted octanol–water partition coefficient (Wildman–Crippen LogP) is 3.85. The maximum absolute atomic E-state index is 5.27. The van der Waals surface area contributed by atoms with Crippen LogP contribution in [-0.4, -0.2) is 30.5 Å². The molecule has 0 amide bonds. The van der Waals surface area contributed by atoms with Gasteiger partial charge in [0.2, 0.25) is 0 Å². The average Bonchev–Trinajstić information content (AvgIpc) is 2.47. The number of benzene rings is 1. The largest absolute Gasteiger partial charge is 0.497 e. The smallest absolute Gasteiger partial charge is 0.136 e. The number of fused-ring (bicyclic) bond motifs is 1. The van der Waals surface area contributed by atoms with Crippen LogP contribution in [0.1, 0.15) is 13.3 Å². The van der Waals surface area contributed by atoms with Gasteiger partial charge in [0.25, 0.3) is 0 Å². The van der Waals surface area contributed by atoms with Crippen molar-refractivity contribution in [3.8, 4) is 5.75 Å². The molecule has 4 heteroatoms. The van der Waals surface area contributed by atoms with Gasteiger partial charge in [0.1, 0.15) is 11.6 Å². The third-order valence-corrected chi connectivity index (χ3v) is 3.75. The van der Waals surface area contributed by atoms with Gasteiger partial charge in [0, 0.05) is 30.0 Å². The number of rotatable bonds is 6. The Hall–Kier alpha value is -1.29. The van der Waals surface area contributed by atoms with E-state index in [-0.39, 0.29) is 0 Å². The zero-order valence-electron chi connectivity index (χ0n) is 11.4. The van der Waals surface area contributed by atoms with Crippen molar-refractivity contribution in [2.45, 2.75) is 13.3 Å². The van der Waals surface area contributed by atoms with Gasteiger partial charge in [-0.1, -0.05) is 15.9 Å². The van der Waals surface area contributed by atoms with Crippen LogP contribution in [0.15, 0.2) is 30.5 Å². The van der Waals surface area contributed by atoms with Crippen molar-refractivity contribution >= 4 is 32.5 Å². The van der Waals surface area contributed by atoms with Gasteiger partial charge in [-0.3, -0.25) is 0 Å². The van der Waals surface area contributed by atoms with Crippen LogP contribution < -0.4 is 9.64 Å². The van der Waals surface area contributed by atoms with Crippen molar-refractivity contribution in [2.24, 2.45) is 0 Å². The van der Waals surface area contributed by atoms with Gasteiger partial charge >= 0.3 is 0 Å². The Labute approximate surface area is 122 Å². The topological polar surface area (TPSA) is 25.4 Å². The number of methoxy groups -OCH3 is 1. The van der Waals surface area contributed by atoms with Crippen molar-refractivity contribution in [1.82, 2.24) is 4.98 Å². The molecular formula is C15H19BrN2O. The number of aromatic nitrogens is 1. The molecular weight excluding hydrogens is 304 g/mol. The third-order valence-electron chi connectivity index (χ3n) is 3.19. The molecule has 0 spiro atoms. The SMILES string of the molecule is CCN(CCCBr)c1nccc2cc(OC)ccc12. The second-order valence-corrected chi connectivity index (χ2v) is 5.14. The Bertz CT molecular complexity index is 545. The summed E-state index contributed by atoms with van der Waals surface area (Å²) in [7, 11) is 1.69. The predicted molar refractivity (Wildman–Crippen MR) is 84.6 cm³/mol. The molecule has 0 unspecified atom stereocenters. The summed E-state index contributed by atoms with van der Waals surface area (Å²) < 4.78 is 5.27. The Morgan fingerprint density at radius 1 is 1.32 bits per heavy atom. The van der Waals surface area contributed by atoms with E-state index in [1.807, 2.05) is 18.3 Å². The highest BCUT2D eigenvalue weighted by Gasteiger charge is 2.10.